The van der Waals surface area contributed by atoms with Crippen molar-refractivity contribution in [2.75, 3.05) is 76.1 Å². The summed E-state index contributed by atoms with van der Waals surface area (Å²) in [5.74, 6) is 2.67. The largest absolute Gasteiger partial charge is 0.400 e. The number of rotatable bonds is 21. The minimum absolute atomic E-state index is 0. The van der Waals surface area contributed by atoms with Crippen LogP contribution in [0, 0.1) is 0 Å². The molecule has 424 valence electrons. The molecule has 0 bridgehead atoms. The monoisotopic (exact) mass is 1020 g/mol. The van der Waals surface area contributed by atoms with Crippen LogP contribution in [-0.2, 0) is 26.2 Å². The van der Waals surface area contributed by atoms with Gasteiger partial charge < -0.3 is 29.4 Å². The molecule has 4 aromatic carbocycles. The van der Waals surface area contributed by atoms with E-state index in [1.165, 1.54) is 104 Å². The molecule has 4 unspecified atom stereocenters. The second-order valence-corrected chi connectivity index (χ2v) is 20.4. The fourth-order valence-electron chi connectivity index (χ4n) is 7.51. The third-order valence-corrected chi connectivity index (χ3v) is 12.5. The third kappa shape index (κ3) is 41.3. The van der Waals surface area contributed by atoms with Crippen LogP contribution in [0.2, 0.25) is 0 Å². The van der Waals surface area contributed by atoms with Crippen LogP contribution in [-0.4, -0.2) is 105 Å². The number of hydrogen-bond acceptors (Lipinski definition) is 5. The van der Waals surface area contributed by atoms with E-state index in [1.807, 2.05) is 19.1 Å². The Hall–Kier alpha value is -3.62. The average molecular weight is 1020 g/mol. The molecule has 0 fully saturated rings. The van der Waals surface area contributed by atoms with Crippen LogP contribution in [0.4, 0.5) is 0 Å². The Bertz CT molecular complexity index is 1730. The number of aliphatic hydroxyl groups excluding tert-OH is 2. The van der Waals surface area contributed by atoms with Crippen LogP contribution in [0.1, 0.15) is 218 Å². The highest BCUT2D eigenvalue weighted by Crippen LogP contribution is 2.22. The van der Waals surface area contributed by atoms with Gasteiger partial charge in [0.25, 0.3) is 0 Å². The summed E-state index contributed by atoms with van der Waals surface area (Å²) in [6.07, 6.45) is 10.3. The summed E-state index contributed by atoms with van der Waals surface area (Å²) in [6, 6.07) is 35.5. The Morgan fingerprint density at radius 1 is 0.466 bits per heavy atom. The molecule has 4 rings (SSSR count). The van der Waals surface area contributed by atoms with Crippen molar-refractivity contribution in [2.24, 2.45) is 0 Å². The van der Waals surface area contributed by atoms with Gasteiger partial charge >= 0.3 is 0 Å². The van der Waals surface area contributed by atoms with E-state index < -0.39 is 0 Å². The summed E-state index contributed by atoms with van der Waals surface area (Å²) in [4.78, 5) is 6.75. The molecule has 0 aliphatic heterocycles. The number of nitrogens with zero attached hydrogens (tertiary/aromatic N) is 4. The molecule has 4 aromatic rings. The molecular weight excluding hydrogens is 893 g/mol. The fraction of sp³-hybridized carbons (Fsp3) is 0.612. The maximum Gasteiger partial charge on any atom is 0.104 e. The first kappa shape index (κ1) is 80.8. The molecule has 0 saturated carbocycles. The van der Waals surface area contributed by atoms with Crippen molar-refractivity contribution in [3.8, 4) is 0 Å². The van der Waals surface area contributed by atoms with Gasteiger partial charge in [0.05, 0.1) is 27.2 Å². The second kappa shape index (κ2) is 50.5. The summed E-state index contributed by atoms with van der Waals surface area (Å²) in [5, 5.41) is 15.8. The quantitative estimate of drug-likeness (QED) is 0.0643. The molecule has 6 heteroatoms. The number of quaternary nitrogens is 1. The van der Waals surface area contributed by atoms with Gasteiger partial charge in [0.1, 0.15) is 6.54 Å². The van der Waals surface area contributed by atoms with Crippen LogP contribution in [0.3, 0.4) is 0 Å². The van der Waals surface area contributed by atoms with Gasteiger partial charge in [-0.25, -0.2) is 0 Å². The van der Waals surface area contributed by atoms with E-state index in [-0.39, 0.29) is 28.9 Å². The number of aliphatic hydroxyl groups is 2. The molecular formula is C67H125N4O2+. The van der Waals surface area contributed by atoms with Gasteiger partial charge in [-0.2, -0.15) is 0 Å². The smallest absolute Gasteiger partial charge is 0.104 e. The molecule has 0 aliphatic rings. The Balaban J connectivity index is -0.000000190. The van der Waals surface area contributed by atoms with E-state index in [1.54, 1.807) is 6.08 Å². The normalized spacial score (nSPS) is 11.8. The van der Waals surface area contributed by atoms with E-state index in [0.29, 0.717) is 23.7 Å². The van der Waals surface area contributed by atoms with Crippen molar-refractivity contribution < 1.29 is 14.7 Å². The lowest BCUT2D eigenvalue weighted by Gasteiger charge is -2.29. The van der Waals surface area contributed by atoms with E-state index in [9.17, 15) is 0 Å². The molecule has 0 saturated heterocycles. The highest BCUT2D eigenvalue weighted by Gasteiger charge is 2.14. The number of benzene rings is 4. The molecule has 0 amide bonds. The number of allylic oxidation sites excluding steroid dienone is 1. The zero-order valence-electron chi connectivity index (χ0n) is 49.4. The first-order valence-corrected chi connectivity index (χ1v) is 27.0. The van der Waals surface area contributed by atoms with Crippen molar-refractivity contribution in [3.63, 3.8) is 0 Å². The van der Waals surface area contributed by atoms with Crippen LogP contribution in [0.5, 0.6) is 0 Å². The molecule has 2 N–H and O–H groups in total. The summed E-state index contributed by atoms with van der Waals surface area (Å²) < 4.78 is 1.08. The van der Waals surface area contributed by atoms with Gasteiger partial charge in [-0.3, -0.25) is 0 Å². The molecule has 0 heterocycles. The van der Waals surface area contributed by atoms with Gasteiger partial charge in [-0.1, -0.05) is 202 Å². The van der Waals surface area contributed by atoms with Gasteiger partial charge in [0, 0.05) is 25.8 Å². The van der Waals surface area contributed by atoms with Crippen LogP contribution >= 0.6 is 0 Å². The molecule has 6 nitrogen and oxygen atoms in total. The highest BCUT2D eigenvalue weighted by atomic mass is 16.3. The van der Waals surface area contributed by atoms with Crippen LogP contribution in [0.25, 0.3) is 0 Å². The minimum Gasteiger partial charge on any atom is -0.400 e. The molecule has 4 atom stereocenters. The van der Waals surface area contributed by atoms with Crippen molar-refractivity contribution in [3.05, 3.63) is 154 Å². The topological polar surface area (TPSA) is 50.2 Å². The van der Waals surface area contributed by atoms with E-state index >= 15 is 0 Å². The lowest BCUT2D eigenvalue weighted by atomic mass is 9.97. The van der Waals surface area contributed by atoms with E-state index in [0.717, 1.165) is 36.8 Å². The Morgan fingerprint density at radius 3 is 0.986 bits per heavy atom. The Labute approximate surface area is 457 Å². The standard InChI is InChI=1S/C16H28N.C15H25N.C13H21N.C11H16O.C5H13N.C3H6.CH4O.3CH4/c1-6-12-17(4,5)13-15-8-10-16(11-9-15)14(3)7-2;1-5-11-16(4)12-14-7-9-15(10-8-14)13(3)6-2;1-5-11(2)13-8-6-12(7-9-13)10-14(3)4;1-3-9(2)11-6-4-10(8-12)5-7-11;1-4-5-6(2)3;1-3-2;1-2;;;/h8-11,14H,6-7,12-13H2,1-5H3;7-10,13H,5-6,11-12H2,1-4H3;6-9,11H,5,10H2,1-4H3;4-7,9,12H,3,8H2,1-2H3;4-5H2,1-3H3;3H,1H2,2H3;2H,1H3;3*1H4/q+1;;;;;;;;;. The minimum atomic E-state index is 0. The molecule has 73 heavy (non-hydrogen) atoms. The van der Waals surface area contributed by atoms with Gasteiger partial charge in [0.15, 0.2) is 0 Å². The van der Waals surface area contributed by atoms with Gasteiger partial charge in [-0.05, 0) is 163 Å². The Kier molecular flexibility index (Phi) is 55.9. The van der Waals surface area contributed by atoms with Crippen molar-refractivity contribution in [1.82, 2.24) is 14.7 Å². The highest BCUT2D eigenvalue weighted by molar-refractivity contribution is 5.27. The zero-order valence-corrected chi connectivity index (χ0v) is 49.4. The zero-order chi connectivity index (χ0) is 54.1. The summed E-state index contributed by atoms with van der Waals surface area (Å²) in [5.41, 5.74) is 11.0. The fourth-order valence-corrected chi connectivity index (χ4v) is 7.51. The average Bonchev–Trinajstić information content (AvgIpc) is 3.35. The van der Waals surface area contributed by atoms with Crippen LogP contribution < -0.4 is 0 Å². The second-order valence-electron chi connectivity index (χ2n) is 20.4. The summed E-state index contributed by atoms with van der Waals surface area (Å²) in [7, 11) is 16.2. The molecule has 0 radical (unpaired) electrons. The van der Waals surface area contributed by atoms with E-state index in [2.05, 4.69) is 232 Å². The van der Waals surface area contributed by atoms with Gasteiger partial charge in [0.2, 0.25) is 0 Å². The SMILES string of the molecule is C.C.C.C=CC.CCC(C)c1ccc(CN(C)C)cc1.CCC(C)c1ccc(CO)cc1.CCCN(C)C.CCCN(C)Cc1ccc(C(C)CC)cc1.CCC[N+](C)(C)Cc1ccc(C(C)CC)cc1.CO. The first-order valence-electron chi connectivity index (χ1n) is 27.0. The van der Waals surface area contributed by atoms with Crippen molar-refractivity contribution >= 4 is 0 Å². The molecule has 0 aromatic heterocycles. The van der Waals surface area contributed by atoms with Gasteiger partial charge in [-0.15, -0.1) is 6.58 Å². The van der Waals surface area contributed by atoms with Crippen molar-refractivity contribution in [1.29, 1.82) is 0 Å². The lowest BCUT2D eigenvalue weighted by molar-refractivity contribution is -0.903. The Morgan fingerprint density at radius 2 is 0.753 bits per heavy atom. The van der Waals surface area contributed by atoms with E-state index in [4.69, 9.17) is 10.2 Å². The molecule has 0 spiro atoms. The molecule has 0 aliphatic carbocycles. The third-order valence-electron chi connectivity index (χ3n) is 12.5. The first-order chi connectivity index (χ1) is 33.2. The van der Waals surface area contributed by atoms with Crippen LogP contribution in [0.15, 0.2) is 110 Å². The maximum atomic E-state index is 8.82. The summed E-state index contributed by atoms with van der Waals surface area (Å²) >= 11 is 0. The van der Waals surface area contributed by atoms with Crippen molar-refractivity contribution in [2.45, 2.75) is 200 Å². The number of hydrogen-bond donors (Lipinski definition) is 2. The lowest BCUT2D eigenvalue weighted by Crippen LogP contribution is -2.39. The maximum absolute atomic E-state index is 8.82. The predicted molar refractivity (Wildman–Crippen MR) is 335 cm³/mol. The predicted octanol–water partition coefficient (Wildman–Crippen LogP) is 17.8. The summed E-state index contributed by atoms with van der Waals surface area (Å²) in [6.45, 7) is 36.9.